The maximum Gasteiger partial charge on any atom is 0.224 e. The van der Waals surface area contributed by atoms with Gasteiger partial charge in [-0.1, -0.05) is 23.4 Å². The maximum absolute atomic E-state index is 4.66. The molecule has 30 heavy (non-hydrogen) atoms. The van der Waals surface area contributed by atoms with Gasteiger partial charge < -0.3 is 10.6 Å². The van der Waals surface area contributed by atoms with Crippen molar-refractivity contribution in [2.45, 2.75) is 37.8 Å². The largest absolute Gasteiger partial charge is 0.367 e. The highest BCUT2D eigenvalue weighted by atomic mass is 35.5. The van der Waals surface area contributed by atoms with Crippen LogP contribution in [0.1, 0.15) is 25.7 Å². The predicted octanol–water partition coefficient (Wildman–Crippen LogP) is 3.86. The molecule has 4 aromatic rings. The number of fused-ring (bicyclic) bond motifs is 1. The third-order valence-corrected chi connectivity index (χ3v) is 5.29. The molecule has 9 heteroatoms. The molecule has 0 atom stereocenters. The summed E-state index contributed by atoms with van der Waals surface area (Å²) in [5.74, 6) is 2.28. The van der Waals surface area contributed by atoms with Crippen molar-refractivity contribution < 1.29 is 0 Å². The Labute approximate surface area is 180 Å². The van der Waals surface area contributed by atoms with Gasteiger partial charge in [-0.3, -0.25) is 0 Å². The van der Waals surface area contributed by atoms with E-state index < -0.39 is 0 Å². The molecule has 0 unspecified atom stereocenters. The minimum Gasteiger partial charge on any atom is -0.367 e. The Balaban J connectivity index is 0.00000218. The molecule has 1 aliphatic carbocycles. The van der Waals surface area contributed by atoms with E-state index in [0.29, 0.717) is 23.8 Å². The van der Waals surface area contributed by atoms with Crippen LogP contribution >= 0.6 is 12.4 Å². The fourth-order valence-corrected chi connectivity index (χ4v) is 3.80. The van der Waals surface area contributed by atoms with E-state index in [-0.39, 0.29) is 12.4 Å². The van der Waals surface area contributed by atoms with Crippen LogP contribution in [0.2, 0.25) is 0 Å². The normalized spacial score (nSPS) is 18.5. The van der Waals surface area contributed by atoms with Crippen molar-refractivity contribution in [1.82, 2.24) is 29.9 Å². The topological polar surface area (TPSA) is 93.4 Å². The zero-order valence-electron chi connectivity index (χ0n) is 16.3. The SMILES string of the molecule is Cl.c1ccc(N[C@H]2CC[C@H](Nc3nccc(-n4nnc5ccccc54)n3)CC2)nc1. The van der Waals surface area contributed by atoms with Gasteiger partial charge in [0.15, 0.2) is 5.82 Å². The Morgan fingerprint density at radius 2 is 1.57 bits per heavy atom. The summed E-state index contributed by atoms with van der Waals surface area (Å²) in [5, 5.41) is 15.5. The van der Waals surface area contributed by atoms with Gasteiger partial charge in [0.2, 0.25) is 5.95 Å². The summed E-state index contributed by atoms with van der Waals surface area (Å²) in [4.78, 5) is 13.4. The van der Waals surface area contributed by atoms with E-state index >= 15 is 0 Å². The fraction of sp³-hybridized carbons (Fsp3) is 0.286. The molecule has 0 saturated heterocycles. The molecule has 154 valence electrons. The van der Waals surface area contributed by atoms with Gasteiger partial charge in [0.05, 0.1) is 5.52 Å². The van der Waals surface area contributed by atoms with Gasteiger partial charge in [-0.25, -0.2) is 9.97 Å². The van der Waals surface area contributed by atoms with Crippen molar-refractivity contribution in [2.24, 2.45) is 0 Å². The zero-order chi connectivity index (χ0) is 19.5. The second-order valence-electron chi connectivity index (χ2n) is 7.28. The molecule has 8 nitrogen and oxygen atoms in total. The molecule has 0 spiro atoms. The van der Waals surface area contributed by atoms with E-state index in [2.05, 4.69) is 35.9 Å². The average Bonchev–Trinajstić information content (AvgIpc) is 3.20. The molecule has 0 aliphatic heterocycles. The van der Waals surface area contributed by atoms with Crippen LogP contribution in [0.3, 0.4) is 0 Å². The Morgan fingerprint density at radius 3 is 2.37 bits per heavy atom. The number of anilines is 2. The van der Waals surface area contributed by atoms with E-state index in [1.54, 1.807) is 10.9 Å². The number of aromatic nitrogens is 6. The first-order valence-corrected chi connectivity index (χ1v) is 9.93. The molecule has 0 radical (unpaired) electrons. The lowest BCUT2D eigenvalue weighted by atomic mass is 9.91. The standard InChI is InChI=1S/C21H22N8.ClH/c1-2-6-18-17(5-1)27-28-29(18)20-12-14-23-21(26-20)25-16-10-8-15(9-11-16)24-19-7-3-4-13-22-19;/h1-7,12-16H,8-11H2,(H,22,24)(H,23,25,26);1H/t15-,16-;. The molecule has 0 amide bonds. The molecule has 1 fully saturated rings. The minimum atomic E-state index is 0. The van der Waals surface area contributed by atoms with Gasteiger partial charge in [-0.05, 0) is 49.9 Å². The number of nitrogens with one attached hydrogen (secondary N) is 2. The molecule has 0 bridgehead atoms. The predicted molar refractivity (Wildman–Crippen MR) is 119 cm³/mol. The van der Waals surface area contributed by atoms with Gasteiger partial charge in [0, 0.05) is 30.5 Å². The van der Waals surface area contributed by atoms with E-state index in [1.807, 2.05) is 54.7 Å². The van der Waals surface area contributed by atoms with Crippen molar-refractivity contribution >= 4 is 35.2 Å². The van der Waals surface area contributed by atoms with Gasteiger partial charge in [-0.15, -0.1) is 17.5 Å². The summed E-state index contributed by atoms with van der Waals surface area (Å²) in [6.45, 7) is 0. The second-order valence-corrected chi connectivity index (χ2v) is 7.28. The summed E-state index contributed by atoms with van der Waals surface area (Å²) in [6, 6.07) is 16.5. The number of hydrogen-bond donors (Lipinski definition) is 2. The molecule has 5 rings (SSSR count). The van der Waals surface area contributed by atoms with Crippen LogP contribution in [0.5, 0.6) is 0 Å². The van der Waals surface area contributed by atoms with Crippen LogP contribution in [-0.2, 0) is 0 Å². The number of benzene rings is 1. The Morgan fingerprint density at radius 1 is 0.800 bits per heavy atom. The molecule has 1 aromatic carbocycles. The molecule has 1 aliphatic rings. The van der Waals surface area contributed by atoms with Crippen molar-refractivity contribution in [1.29, 1.82) is 0 Å². The first-order chi connectivity index (χ1) is 14.3. The minimum absolute atomic E-state index is 0. The van der Waals surface area contributed by atoms with Crippen LogP contribution in [0, 0.1) is 0 Å². The van der Waals surface area contributed by atoms with Crippen LogP contribution in [0.15, 0.2) is 60.9 Å². The smallest absolute Gasteiger partial charge is 0.224 e. The lowest BCUT2D eigenvalue weighted by Gasteiger charge is -2.30. The molecular weight excluding hydrogens is 400 g/mol. The van der Waals surface area contributed by atoms with Gasteiger partial charge >= 0.3 is 0 Å². The van der Waals surface area contributed by atoms with Crippen LogP contribution in [0.25, 0.3) is 16.9 Å². The van der Waals surface area contributed by atoms with Gasteiger partial charge in [0.1, 0.15) is 11.3 Å². The first-order valence-electron chi connectivity index (χ1n) is 9.93. The lowest BCUT2D eigenvalue weighted by Crippen LogP contribution is -2.33. The average molecular weight is 423 g/mol. The third kappa shape index (κ3) is 4.33. The summed E-state index contributed by atoms with van der Waals surface area (Å²) in [6.07, 6.45) is 7.87. The van der Waals surface area contributed by atoms with E-state index in [9.17, 15) is 0 Å². The van der Waals surface area contributed by atoms with Gasteiger partial charge in [0.25, 0.3) is 0 Å². The van der Waals surface area contributed by atoms with Crippen LogP contribution in [0.4, 0.5) is 11.8 Å². The van der Waals surface area contributed by atoms with E-state index in [1.165, 1.54) is 0 Å². The van der Waals surface area contributed by atoms with Crippen molar-refractivity contribution in [3.63, 3.8) is 0 Å². The number of rotatable bonds is 5. The summed E-state index contributed by atoms with van der Waals surface area (Å²) in [7, 11) is 0. The van der Waals surface area contributed by atoms with Gasteiger partial charge in [-0.2, -0.15) is 9.67 Å². The quantitative estimate of drug-likeness (QED) is 0.504. The number of nitrogens with zero attached hydrogens (tertiary/aromatic N) is 6. The monoisotopic (exact) mass is 422 g/mol. The van der Waals surface area contributed by atoms with Crippen molar-refractivity contribution in [3.05, 3.63) is 60.9 Å². The summed E-state index contributed by atoms with van der Waals surface area (Å²) < 4.78 is 1.75. The maximum atomic E-state index is 4.66. The highest BCUT2D eigenvalue weighted by molar-refractivity contribution is 5.85. The third-order valence-electron chi connectivity index (χ3n) is 5.29. The molecule has 2 N–H and O–H groups in total. The Kier molecular flexibility index (Phi) is 6.04. The first kappa shape index (κ1) is 20.0. The number of pyridine rings is 1. The molecular formula is C21H23ClN8. The highest BCUT2D eigenvalue weighted by Gasteiger charge is 2.22. The van der Waals surface area contributed by atoms with Crippen LogP contribution < -0.4 is 10.6 Å². The zero-order valence-corrected chi connectivity index (χ0v) is 17.2. The lowest BCUT2D eigenvalue weighted by molar-refractivity contribution is 0.427. The fourth-order valence-electron chi connectivity index (χ4n) is 3.80. The van der Waals surface area contributed by atoms with E-state index in [4.69, 9.17) is 0 Å². The number of halogens is 1. The number of para-hydroxylation sites is 1. The molecule has 3 heterocycles. The second kappa shape index (κ2) is 9.04. The summed E-state index contributed by atoms with van der Waals surface area (Å²) >= 11 is 0. The molecule has 1 saturated carbocycles. The Bertz CT molecular complexity index is 1090. The van der Waals surface area contributed by atoms with E-state index in [0.717, 1.165) is 42.5 Å². The highest BCUT2D eigenvalue weighted by Crippen LogP contribution is 2.24. The number of hydrogen-bond acceptors (Lipinski definition) is 7. The summed E-state index contributed by atoms with van der Waals surface area (Å²) in [5.41, 5.74) is 1.78. The van der Waals surface area contributed by atoms with Crippen LogP contribution in [-0.4, -0.2) is 42.0 Å². The Hall–Kier alpha value is -3.26. The van der Waals surface area contributed by atoms with Crippen molar-refractivity contribution in [3.8, 4) is 5.82 Å². The van der Waals surface area contributed by atoms with Crippen molar-refractivity contribution in [2.75, 3.05) is 10.6 Å². The molecule has 3 aromatic heterocycles.